The Labute approximate surface area is 140 Å². The van der Waals surface area contributed by atoms with Crippen molar-refractivity contribution in [2.45, 2.75) is 6.92 Å². The quantitative estimate of drug-likeness (QED) is 0.628. The van der Waals surface area contributed by atoms with E-state index in [0.29, 0.717) is 16.1 Å². The van der Waals surface area contributed by atoms with Crippen molar-refractivity contribution in [1.82, 2.24) is 5.43 Å². The minimum Gasteiger partial charge on any atom is -0.452 e. The van der Waals surface area contributed by atoms with Crippen molar-refractivity contribution in [3.63, 3.8) is 0 Å². The molecule has 1 heterocycles. The first-order valence-electron chi connectivity index (χ1n) is 6.55. The van der Waals surface area contributed by atoms with Gasteiger partial charge in [-0.1, -0.05) is 12.1 Å². The van der Waals surface area contributed by atoms with Crippen LogP contribution in [0.4, 0.5) is 10.5 Å². The van der Waals surface area contributed by atoms with Crippen LogP contribution in [0.25, 0.3) is 0 Å². The minimum atomic E-state index is -0.655. The molecule has 2 amide bonds. The molecule has 2 rings (SSSR count). The molecule has 0 aliphatic rings. The number of carbonyl (C=O) groups excluding carboxylic acids is 2. The average molecular weight is 380 g/mol. The summed E-state index contributed by atoms with van der Waals surface area (Å²) in [5, 5.41) is 6.62. The SMILES string of the molecule is COC(=O)N/N=C(\C)c1cccc(NC(=O)c2ccc(Br)o2)c1. The van der Waals surface area contributed by atoms with Crippen LogP contribution in [0.3, 0.4) is 0 Å². The number of benzene rings is 1. The molecular formula is C15H14BrN3O4. The van der Waals surface area contributed by atoms with Crippen molar-refractivity contribution in [3.05, 3.63) is 52.4 Å². The van der Waals surface area contributed by atoms with Gasteiger partial charge in [0.05, 0.1) is 12.8 Å². The minimum absolute atomic E-state index is 0.194. The second-order valence-corrected chi connectivity index (χ2v) is 5.22. The standard InChI is InChI=1S/C15H14BrN3O4/c1-9(18-19-15(21)22-2)10-4-3-5-11(8-10)17-14(20)12-6-7-13(16)23-12/h3-8H,1-2H3,(H,17,20)(H,19,21)/b18-9+. The highest BCUT2D eigenvalue weighted by Crippen LogP contribution is 2.17. The van der Waals surface area contributed by atoms with E-state index in [9.17, 15) is 9.59 Å². The number of hydrogen-bond acceptors (Lipinski definition) is 5. The first-order chi connectivity index (χ1) is 11.0. The normalized spacial score (nSPS) is 11.0. The number of hydrogen-bond donors (Lipinski definition) is 2. The van der Waals surface area contributed by atoms with Gasteiger partial charge in [-0.05, 0) is 52.7 Å². The molecule has 0 aliphatic carbocycles. The van der Waals surface area contributed by atoms with Crippen LogP contribution in [0.1, 0.15) is 23.0 Å². The third-order valence-electron chi connectivity index (χ3n) is 2.84. The Bertz CT molecular complexity index is 755. The monoisotopic (exact) mass is 379 g/mol. The maximum atomic E-state index is 12.0. The highest BCUT2D eigenvalue weighted by Gasteiger charge is 2.11. The Kier molecular flexibility index (Phi) is 5.53. The number of hydrazone groups is 1. The number of ether oxygens (including phenoxy) is 1. The zero-order valence-electron chi connectivity index (χ0n) is 12.4. The summed E-state index contributed by atoms with van der Waals surface area (Å²) < 4.78 is 10.1. The number of methoxy groups -OCH3 is 1. The van der Waals surface area contributed by atoms with Gasteiger partial charge in [-0.25, -0.2) is 10.2 Å². The number of anilines is 1. The Morgan fingerprint density at radius 3 is 2.70 bits per heavy atom. The van der Waals surface area contributed by atoms with E-state index in [1.165, 1.54) is 7.11 Å². The second kappa shape index (κ2) is 7.59. The smallest absolute Gasteiger partial charge is 0.427 e. The lowest BCUT2D eigenvalue weighted by molar-refractivity contribution is 0.0995. The summed E-state index contributed by atoms with van der Waals surface area (Å²) in [5.74, 6) is -0.171. The summed E-state index contributed by atoms with van der Waals surface area (Å²) in [6, 6.07) is 10.2. The maximum absolute atomic E-state index is 12.0. The molecule has 0 bridgehead atoms. The van der Waals surface area contributed by atoms with Crippen LogP contribution < -0.4 is 10.7 Å². The lowest BCUT2D eigenvalue weighted by Gasteiger charge is -2.06. The third kappa shape index (κ3) is 4.68. The van der Waals surface area contributed by atoms with E-state index in [4.69, 9.17) is 4.42 Å². The molecule has 1 aromatic heterocycles. The molecule has 0 atom stereocenters. The van der Waals surface area contributed by atoms with Crippen LogP contribution >= 0.6 is 15.9 Å². The van der Waals surface area contributed by atoms with Crippen molar-refractivity contribution in [1.29, 1.82) is 0 Å². The zero-order valence-corrected chi connectivity index (χ0v) is 14.0. The number of nitrogens with zero attached hydrogens (tertiary/aromatic N) is 1. The number of halogens is 1. The third-order valence-corrected chi connectivity index (χ3v) is 3.26. The number of furan rings is 1. The molecule has 2 N–H and O–H groups in total. The van der Waals surface area contributed by atoms with E-state index < -0.39 is 6.09 Å². The van der Waals surface area contributed by atoms with Crippen molar-refractivity contribution in [2.75, 3.05) is 12.4 Å². The predicted octanol–water partition coefficient (Wildman–Crippen LogP) is 3.37. The van der Waals surface area contributed by atoms with E-state index in [1.54, 1.807) is 43.3 Å². The topological polar surface area (TPSA) is 92.9 Å². The van der Waals surface area contributed by atoms with E-state index >= 15 is 0 Å². The first-order valence-corrected chi connectivity index (χ1v) is 7.34. The van der Waals surface area contributed by atoms with E-state index in [0.717, 1.165) is 5.56 Å². The van der Waals surface area contributed by atoms with Gasteiger partial charge in [0.25, 0.3) is 5.91 Å². The fraction of sp³-hybridized carbons (Fsp3) is 0.133. The molecule has 0 radical (unpaired) electrons. The molecule has 120 valence electrons. The fourth-order valence-electron chi connectivity index (χ4n) is 1.69. The van der Waals surface area contributed by atoms with Gasteiger partial charge in [0.2, 0.25) is 0 Å². The molecule has 7 nitrogen and oxygen atoms in total. The van der Waals surface area contributed by atoms with Gasteiger partial charge >= 0.3 is 6.09 Å². The number of nitrogens with one attached hydrogen (secondary N) is 2. The molecule has 1 aromatic carbocycles. The van der Waals surface area contributed by atoms with Crippen LogP contribution in [-0.4, -0.2) is 24.8 Å². The summed E-state index contributed by atoms with van der Waals surface area (Å²) >= 11 is 3.14. The van der Waals surface area contributed by atoms with Crippen molar-refractivity contribution < 1.29 is 18.7 Å². The van der Waals surface area contributed by atoms with Crippen molar-refractivity contribution >= 4 is 39.3 Å². The second-order valence-electron chi connectivity index (χ2n) is 4.44. The van der Waals surface area contributed by atoms with Crippen LogP contribution in [0.15, 0.2) is 50.6 Å². The maximum Gasteiger partial charge on any atom is 0.427 e. The van der Waals surface area contributed by atoms with E-state index in [1.807, 2.05) is 0 Å². The summed E-state index contributed by atoms with van der Waals surface area (Å²) in [6.45, 7) is 1.72. The Hall–Kier alpha value is -2.61. The highest BCUT2D eigenvalue weighted by molar-refractivity contribution is 9.10. The number of rotatable bonds is 4. The van der Waals surface area contributed by atoms with Crippen LogP contribution in [-0.2, 0) is 4.74 Å². The molecule has 0 fully saturated rings. The number of carbonyl (C=O) groups is 2. The lowest BCUT2D eigenvalue weighted by atomic mass is 10.1. The molecule has 0 saturated carbocycles. The Morgan fingerprint density at radius 1 is 1.26 bits per heavy atom. The van der Waals surface area contributed by atoms with Crippen molar-refractivity contribution in [2.24, 2.45) is 5.10 Å². The molecule has 0 spiro atoms. The molecule has 8 heteroatoms. The van der Waals surface area contributed by atoms with Gasteiger partial charge in [0.1, 0.15) is 0 Å². The van der Waals surface area contributed by atoms with E-state index in [-0.39, 0.29) is 11.7 Å². The molecule has 0 aliphatic heterocycles. The predicted molar refractivity (Wildman–Crippen MR) is 88.6 cm³/mol. The van der Waals surface area contributed by atoms with Gasteiger partial charge in [-0.15, -0.1) is 0 Å². The highest BCUT2D eigenvalue weighted by atomic mass is 79.9. The van der Waals surface area contributed by atoms with Gasteiger partial charge in [0.15, 0.2) is 10.4 Å². The molecule has 2 aromatic rings. The Morgan fingerprint density at radius 2 is 2.04 bits per heavy atom. The Balaban J connectivity index is 2.10. The van der Waals surface area contributed by atoms with Gasteiger partial charge in [-0.2, -0.15) is 5.10 Å². The summed E-state index contributed by atoms with van der Waals surface area (Å²) in [4.78, 5) is 23.0. The molecule has 0 unspecified atom stereocenters. The largest absolute Gasteiger partial charge is 0.452 e. The molecule has 23 heavy (non-hydrogen) atoms. The zero-order chi connectivity index (χ0) is 16.8. The van der Waals surface area contributed by atoms with Gasteiger partial charge in [-0.3, -0.25) is 4.79 Å². The van der Waals surface area contributed by atoms with Crippen LogP contribution in [0, 0.1) is 0 Å². The lowest BCUT2D eigenvalue weighted by Crippen LogP contribution is -2.18. The average Bonchev–Trinajstić information content (AvgIpc) is 2.99. The van der Waals surface area contributed by atoms with E-state index in [2.05, 4.69) is 36.5 Å². The molecular weight excluding hydrogens is 366 g/mol. The fourth-order valence-corrected chi connectivity index (χ4v) is 2.00. The summed E-state index contributed by atoms with van der Waals surface area (Å²) in [7, 11) is 1.25. The summed E-state index contributed by atoms with van der Waals surface area (Å²) in [6.07, 6.45) is -0.655. The van der Waals surface area contributed by atoms with Crippen LogP contribution in [0.5, 0.6) is 0 Å². The number of amides is 2. The molecule has 0 saturated heterocycles. The van der Waals surface area contributed by atoms with Crippen LogP contribution in [0.2, 0.25) is 0 Å². The first kappa shape index (κ1) is 16.8. The van der Waals surface area contributed by atoms with Gasteiger partial charge < -0.3 is 14.5 Å². The van der Waals surface area contributed by atoms with Crippen molar-refractivity contribution in [3.8, 4) is 0 Å². The summed E-state index contributed by atoms with van der Waals surface area (Å²) in [5.41, 5.74) is 4.11. The van der Waals surface area contributed by atoms with Gasteiger partial charge in [0, 0.05) is 5.69 Å².